The molecule has 0 aliphatic heterocycles. The summed E-state index contributed by atoms with van der Waals surface area (Å²) in [7, 11) is 0. The molecule has 1 saturated carbocycles. The van der Waals surface area contributed by atoms with Crippen LogP contribution in [0, 0.1) is 6.92 Å². The van der Waals surface area contributed by atoms with Crippen LogP contribution in [0.1, 0.15) is 55.3 Å². The fourth-order valence-corrected chi connectivity index (χ4v) is 3.62. The van der Waals surface area contributed by atoms with Crippen molar-refractivity contribution in [3.05, 3.63) is 34.3 Å². The molecule has 1 N–H and O–H groups in total. The number of nitrogens with zero attached hydrogens (tertiary/aromatic N) is 2. The van der Waals surface area contributed by atoms with Crippen LogP contribution in [-0.2, 0) is 0 Å². The van der Waals surface area contributed by atoms with Gasteiger partial charge < -0.3 is 9.88 Å². The van der Waals surface area contributed by atoms with Crippen molar-refractivity contribution in [2.45, 2.75) is 51.6 Å². The average molecular weight is 275 g/mol. The summed E-state index contributed by atoms with van der Waals surface area (Å²) in [5.41, 5.74) is 1.10. The molecule has 3 nitrogen and oxygen atoms in total. The van der Waals surface area contributed by atoms with Crippen LogP contribution in [0.2, 0.25) is 0 Å². The van der Waals surface area contributed by atoms with E-state index >= 15 is 0 Å². The molecule has 0 amide bonds. The van der Waals surface area contributed by atoms with Crippen molar-refractivity contribution in [1.82, 2.24) is 9.55 Å². The third-order valence-electron chi connectivity index (χ3n) is 3.89. The summed E-state index contributed by atoms with van der Waals surface area (Å²) in [5.74, 6) is 1.03. The number of thiophene rings is 1. The van der Waals surface area contributed by atoms with E-state index < -0.39 is 0 Å². The molecule has 1 atom stereocenters. The molecule has 3 rings (SSSR count). The first-order chi connectivity index (χ1) is 9.24. The Kier molecular flexibility index (Phi) is 3.60. The van der Waals surface area contributed by atoms with Gasteiger partial charge in [-0.15, -0.1) is 11.3 Å². The second-order valence-electron chi connectivity index (χ2n) is 5.43. The van der Waals surface area contributed by atoms with E-state index in [1.807, 2.05) is 0 Å². The molecule has 2 aromatic rings. The van der Waals surface area contributed by atoms with E-state index in [1.54, 1.807) is 11.3 Å². The number of hydrogen-bond acceptors (Lipinski definition) is 3. The zero-order chi connectivity index (χ0) is 13.2. The van der Waals surface area contributed by atoms with Crippen molar-refractivity contribution < 1.29 is 0 Å². The van der Waals surface area contributed by atoms with Crippen LogP contribution in [0.3, 0.4) is 0 Å². The molecule has 0 radical (unpaired) electrons. The standard InChI is InChI=1S/C15H21N3S/c1-11-10-18(13-6-3-4-7-13)15(16-11)17-12(2)14-8-5-9-19-14/h5,8-10,12-13H,3-4,6-7H2,1-2H3,(H,16,17). The quantitative estimate of drug-likeness (QED) is 0.887. The minimum atomic E-state index is 0.321. The van der Waals surface area contributed by atoms with Crippen LogP contribution in [0.4, 0.5) is 5.95 Å². The number of aryl methyl sites for hydroxylation is 1. The first-order valence-corrected chi connectivity index (χ1v) is 7.97. The number of aromatic nitrogens is 2. The highest BCUT2D eigenvalue weighted by atomic mass is 32.1. The lowest BCUT2D eigenvalue weighted by molar-refractivity contribution is 0.521. The molecule has 19 heavy (non-hydrogen) atoms. The normalized spacial score (nSPS) is 17.8. The molecule has 4 heteroatoms. The predicted octanol–water partition coefficient (Wildman–Crippen LogP) is 4.54. The summed E-state index contributed by atoms with van der Waals surface area (Å²) in [4.78, 5) is 6.02. The van der Waals surface area contributed by atoms with Crippen molar-refractivity contribution in [3.8, 4) is 0 Å². The molecule has 102 valence electrons. The molecule has 2 heterocycles. The lowest BCUT2D eigenvalue weighted by atomic mass is 10.2. The minimum absolute atomic E-state index is 0.321. The third kappa shape index (κ3) is 2.68. The number of nitrogens with one attached hydrogen (secondary N) is 1. The summed E-state index contributed by atoms with van der Waals surface area (Å²) in [6.07, 6.45) is 7.47. The van der Waals surface area contributed by atoms with E-state index in [0.717, 1.165) is 11.6 Å². The maximum absolute atomic E-state index is 4.66. The first kappa shape index (κ1) is 12.7. The van der Waals surface area contributed by atoms with Gasteiger partial charge in [0.2, 0.25) is 5.95 Å². The van der Waals surface area contributed by atoms with Gasteiger partial charge >= 0.3 is 0 Å². The number of imidazole rings is 1. The first-order valence-electron chi connectivity index (χ1n) is 7.09. The summed E-state index contributed by atoms with van der Waals surface area (Å²) < 4.78 is 2.35. The predicted molar refractivity (Wildman–Crippen MR) is 80.8 cm³/mol. The average Bonchev–Trinajstić information content (AvgIpc) is 3.09. The van der Waals surface area contributed by atoms with E-state index in [1.165, 1.54) is 30.6 Å². The van der Waals surface area contributed by atoms with Crippen molar-refractivity contribution in [3.63, 3.8) is 0 Å². The van der Waals surface area contributed by atoms with Crippen molar-refractivity contribution >= 4 is 17.3 Å². The third-order valence-corrected chi connectivity index (χ3v) is 4.94. The maximum atomic E-state index is 4.66. The molecule has 1 aliphatic rings. The zero-order valence-electron chi connectivity index (χ0n) is 11.6. The Morgan fingerprint density at radius 3 is 2.89 bits per heavy atom. The lowest BCUT2D eigenvalue weighted by Crippen LogP contribution is -2.13. The van der Waals surface area contributed by atoms with Crippen molar-refractivity contribution in [2.24, 2.45) is 0 Å². The Morgan fingerprint density at radius 1 is 1.42 bits per heavy atom. The second-order valence-corrected chi connectivity index (χ2v) is 6.41. The molecular formula is C15H21N3S. The molecule has 0 bridgehead atoms. The van der Waals surface area contributed by atoms with Crippen LogP contribution in [-0.4, -0.2) is 9.55 Å². The number of hydrogen-bond donors (Lipinski definition) is 1. The van der Waals surface area contributed by atoms with E-state index in [9.17, 15) is 0 Å². The second kappa shape index (κ2) is 5.37. The molecular weight excluding hydrogens is 254 g/mol. The molecule has 1 fully saturated rings. The smallest absolute Gasteiger partial charge is 0.203 e. The topological polar surface area (TPSA) is 29.9 Å². The van der Waals surface area contributed by atoms with Crippen LogP contribution in [0.25, 0.3) is 0 Å². The van der Waals surface area contributed by atoms with Gasteiger partial charge in [0, 0.05) is 17.1 Å². The van der Waals surface area contributed by atoms with Gasteiger partial charge in [0.1, 0.15) is 0 Å². The Morgan fingerprint density at radius 2 is 2.21 bits per heavy atom. The highest BCUT2D eigenvalue weighted by molar-refractivity contribution is 7.10. The van der Waals surface area contributed by atoms with Crippen LogP contribution in [0.5, 0.6) is 0 Å². The van der Waals surface area contributed by atoms with Gasteiger partial charge in [0.25, 0.3) is 0 Å². The molecule has 0 aromatic carbocycles. The van der Waals surface area contributed by atoms with E-state index in [4.69, 9.17) is 0 Å². The molecule has 1 aliphatic carbocycles. The summed E-state index contributed by atoms with van der Waals surface area (Å²) in [6.45, 7) is 4.28. The Bertz CT molecular complexity index is 524. The Balaban J connectivity index is 1.80. The van der Waals surface area contributed by atoms with E-state index in [2.05, 4.69) is 52.4 Å². The van der Waals surface area contributed by atoms with Crippen molar-refractivity contribution in [1.29, 1.82) is 0 Å². The summed E-state index contributed by atoms with van der Waals surface area (Å²) in [6, 6.07) is 5.24. The van der Waals surface area contributed by atoms with Gasteiger partial charge in [-0.1, -0.05) is 18.9 Å². The van der Waals surface area contributed by atoms with E-state index in [-0.39, 0.29) is 0 Å². The van der Waals surface area contributed by atoms with Gasteiger partial charge in [-0.25, -0.2) is 4.98 Å². The summed E-state index contributed by atoms with van der Waals surface area (Å²) in [5, 5.41) is 5.70. The number of anilines is 1. The van der Waals surface area contributed by atoms with Gasteiger partial charge in [0.15, 0.2) is 0 Å². The zero-order valence-corrected chi connectivity index (χ0v) is 12.4. The summed E-state index contributed by atoms with van der Waals surface area (Å²) >= 11 is 1.80. The molecule has 0 saturated heterocycles. The number of rotatable bonds is 4. The fraction of sp³-hybridized carbons (Fsp3) is 0.533. The highest BCUT2D eigenvalue weighted by Crippen LogP contribution is 2.33. The Hall–Kier alpha value is -1.29. The van der Waals surface area contributed by atoms with Gasteiger partial charge in [-0.05, 0) is 38.1 Å². The molecule has 1 unspecified atom stereocenters. The van der Waals surface area contributed by atoms with Crippen LogP contribution >= 0.6 is 11.3 Å². The largest absolute Gasteiger partial charge is 0.348 e. The fourth-order valence-electron chi connectivity index (χ4n) is 2.89. The van der Waals surface area contributed by atoms with Crippen molar-refractivity contribution in [2.75, 3.05) is 5.32 Å². The lowest BCUT2D eigenvalue weighted by Gasteiger charge is -2.18. The Labute approximate surface area is 118 Å². The van der Waals surface area contributed by atoms with Crippen LogP contribution < -0.4 is 5.32 Å². The highest BCUT2D eigenvalue weighted by Gasteiger charge is 2.21. The maximum Gasteiger partial charge on any atom is 0.203 e. The van der Waals surface area contributed by atoms with Gasteiger partial charge in [-0.2, -0.15) is 0 Å². The van der Waals surface area contributed by atoms with E-state index in [0.29, 0.717) is 12.1 Å². The van der Waals surface area contributed by atoms with Crippen LogP contribution in [0.15, 0.2) is 23.7 Å². The SMILES string of the molecule is Cc1cn(C2CCCC2)c(NC(C)c2cccs2)n1. The minimum Gasteiger partial charge on any atom is -0.348 e. The molecule has 0 spiro atoms. The van der Waals surface area contributed by atoms with Gasteiger partial charge in [-0.3, -0.25) is 0 Å². The monoisotopic (exact) mass is 275 g/mol. The van der Waals surface area contributed by atoms with Gasteiger partial charge in [0.05, 0.1) is 11.7 Å². The molecule has 2 aromatic heterocycles.